The Balaban J connectivity index is 3.78. The number of rotatable bonds is 6. The summed E-state index contributed by atoms with van der Waals surface area (Å²) in [6, 6.07) is -0.453. The van der Waals surface area contributed by atoms with Crippen molar-refractivity contribution < 1.29 is 9.00 Å². The van der Waals surface area contributed by atoms with Crippen LogP contribution in [0.5, 0.6) is 0 Å². The number of carbonyl (C=O) groups is 1. The second-order valence-electron chi connectivity index (χ2n) is 3.48. The van der Waals surface area contributed by atoms with E-state index < -0.39 is 16.8 Å². The summed E-state index contributed by atoms with van der Waals surface area (Å²) in [5.41, 5.74) is 5.70. The first kappa shape index (κ1) is 13.6. The molecule has 0 radical (unpaired) electrons. The van der Waals surface area contributed by atoms with Gasteiger partial charge in [-0.2, -0.15) is 0 Å². The van der Waals surface area contributed by atoms with Crippen LogP contribution in [0, 0.1) is 5.92 Å². The average molecular weight is 220 g/mol. The van der Waals surface area contributed by atoms with Crippen molar-refractivity contribution in [3.05, 3.63) is 0 Å². The highest BCUT2D eigenvalue weighted by Gasteiger charge is 2.18. The van der Waals surface area contributed by atoms with Gasteiger partial charge in [-0.25, -0.2) is 0 Å². The molecule has 0 aromatic heterocycles. The molecule has 0 fully saturated rings. The zero-order valence-electron chi connectivity index (χ0n) is 9.08. The molecule has 0 rings (SSSR count). The Kier molecular flexibility index (Phi) is 6.74. The molecule has 4 nitrogen and oxygen atoms in total. The molecule has 0 saturated carbocycles. The van der Waals surface area contributed by atoms with Gasteiger partial charge >= 0.3 is 0 Å². The lowest BCUT2D eigenvalue weighted by Gasteiger charge is -2.17. The fourth-order valence-electron chi connectivity index (χ4n) is 0.948. The van der Waals surface area contributed by atoms with Gasteiger partial charge in [-0.15, -0.1) is 0 Å². The number of nitrogens with one attached hydrogen (secondary N) is 1. The predicted octanol–water partition coefficient (Wildman–Crippen LogP) is -0.145. The van der Waals surface area contributed by atoms with Gasteiger partial charge in [0.2, 0.25) is 5.91 Å². The molecule has 14 heavy (non-hydrogen) atoms. The zero-order chi connectivity index (χ0) is 11.1. The normalized spacial score (nSPS) is 17.1. The monoisotopic (exact) mass is 220 g/mol. The number of hydrogen-bond donors (Lipinski definition) is 2. The van der Waals surface area contributed by atoms with Gasteiger partial charge in [0, 0.05) is 29.4 Å². The minimum Gasteiger partial charge on any atom is -0.354 e. The molecule has 0 aromatic carbocycles. The largest absolute Gasteiger partial charge is 0.354 e. The first-order valence-corrected chi connectivity index (χ1v) is 6.55. The number of hydrogen-bond acceptors (Lipinski definition) is 3. The topological polar surface area (TPSA) is 72.2 Å². The maximum absolute atomic E-state index is 11.4. The summed E-state index contributed by atoms with van der Waals surface area (Å²) in [4.78, 5) is 11.4. The van der Waals surface area contributed by atoms with E-state index in [4.69, 9.17) is 5.73 Å². The van der Waals surface area contributed by atoms with Crippen molar-refractivity contribution in [3.63, 3.8) is 0 Å². The van der Waals surface area contributed by atoms with Gasteiger partial charge in [-0.05, 0) is 5.92 Å². The molecular formula is C9H20N2O2S. The van der Waals surface area contributed by atoms with Crippen molar-refractivity contribution >= 4 is 16.7 Å². The molecule has 0 spiro atoms. The van der Waals surface area contributed by atoms with Crippen LogP contribution in [0.2, 0.25) is 0 Å². The molecule has 0 aliphatic carbocycles. The minimum absolute atomic E-state index is 0.148. The zero-order valence-corrected chi connectivity index (χ0v) is 9.89. The van der Waals surface area contributed by atoms with Crippen molar-refractivity contribution in [1.82, 2.24) is 5.32 Å². The van der Waals surface area contributed by atoms with Crippen LogP contribution in [0.15, 0.2) is 0 Å². The number of nitrogens with two attached hydrogens (primary N) is 1. The molecular weight excluding hydrogens is 200 g/mol. The molecule has 0 heterocycles. The maximum atomic E-state index is 11.4. The van der Waals surface area contributed by atoms with Crippen molar-refractivity contribution in [2.75, 3.05) is 18.6 Å². The first-order chi connectivity index (χ1) is 6.49. The second kappa shape index (κ2) is 6.95. The van der Waals surface area contributed by atoms with E-state index in [1.54, 1.807) is 6.26 Å². The lowest BCUT2D eigenvalue weighted by Crippen LogP contribution is -2.45. The highest BCUT2D eigenvalue weighted by Crippen LogP contribution is 2.04. The third kappa shape index (κ3) is 5.34. The molecule has 0 bridgehead atoms. The summed E-state index contributed by atoms with van der Waals surface area (Å²) in [6.45, 7) is 4.38. The number of carbonyl (C=O) groups excluding carboxylic acids is 1. The van der Waals surface area contributed by atoms with E-state index in [1.165, 1.54) is 0 Å². The third-order valence-corrected chi connectivity index (χ3v) is 3.03. The minimum atomic E-state index is -0.863. The van der Waals surface area contributed by atoms with Gasteiger partial charge in [-0.1, -0.05) is 20.3 Å². The van der Waals surface area contributed by atoms with Gasteiger partial charge in [0.25, 0.3) is 0 Å². The highest BCUT2D eigenvalue weighted by atomic mass is 32.2. The molecule has 1 amide bonds. The molecule has 5 heteroatoms. The van der Waals surface area contributed by atoms with Crippen LogP contribution in [0.4, 0.5) is 0 Å². The van der Waals surface area contributed by atoms with Crippen molar-refractivity contribution in [3.8, 4) is 0 Å². The predicted molar refractivity (Wildman–Crippen MR) is 59.4 cm³/mol. The van der Waals surface area contributed by atoms with E-state index in [-0.39, 0.29) is 11.8 Å². The van der Waals surface area contributed by atoms with Gasteiger partial charge in [0.05, 0.1) is 6.04 Å². The first-order valence-electron chi connectivity index (χ1n) is 4.82. The molecule has 84 valence electrons. The van der Waals surface area contributed by atoms with Crippen LogP contribution >= 0.6 is 0 Å². The van der Waals surface area contributed by atoms with Crippen LogP contribution in [-0.4, -0.2) is 34.7 Å². The highest BCUT2D eigenvalue weighted by molar-refractivity contribution is 7.84. The lowest BCUT2D eigenvalue weighted by molar-refractivity contribution is -0.123. The van der Waals surface area contributed by atoms with Crippen LogP contribution in [0.3, 0.4) is 0 Å². The smallest absolute Gasteiger partial charge is 0.237 e. The van der Waals surface area contributed by atoms with Crippen molar-refractivity contribution in [2.45, 2.75) is 26.3 Å². The van der Waals surface area contributed by atoms with E-state index in [0.717, 1.165) is 6.42 Å². The Labute approximate surface area is 88.1 Å². The fraction of sp³-hybridized carbons (Fsp3) is 0.889. The SMILES string of the molecule is CCC(C)C(N)C(=O)NCCS(C)=O. The van der Waals surface area contributed by atoms with E-state index >= 15 is 0 Å². The van der Waals surface area contributed by atoms with Gasteiger partial charge in [0.1, 0.15) is 0 Å². The molecule has 3 unspecified atom stereocenters. The van der Waals surface area contributed by atoms with Crippen LogP contribution in [0.25, 0.3) is 0 Å². The molecule has 0 aromatic rings. The van der Waals surface area contributed by atoms with Gasteiger partial charge in [-0.3, -0.25) is 9.00 Å². The van der Waals surface area contributed by atoms with Crippen LogP contribution in [-0.2, 0) is 15.6 Å². The van der Waals surface area contributed by atoms with Crippen LogP contribution < -0.4 is 11.1 Å². The lowest BCUT2D eigenvalue weighted by atomic mass is 9.99. The van der Waals surface area contributed by atoms with Crippen molar-refractivity contribution in [2.24, 2.45) is 11.7 Å². The van der Waals surface area contributed by atoms with E-state index in [9.17, 15) is 9.00 Å². The van der Waals surface area contributed by atoms with Gasteiger partial charge in [0.15, 0.2) is 0 Å². The van der Waals surface area contributed by atoms with E-state index in [1.807, 2.05) is 13.8 Å². The van der Waals surface area contributed by atoms with Crippen molar-refractivity contribution in [1.29, 1.82) is 0 Å². The Hall–Kier alpha value is -0.420. The van der Waals surface area contributed by atoms with E-state index in [0.29, 0.717) is 12.3 Å². The average Bonchev–Trinajstić information content (AvgIpc) is 2.14. The van der Waals surface area contributed by atoms with Crippen LogP contribution in [0.1, 0.15) is 20.3 Å². The summed E-state index contributed by atoms with van der Waals surface area (Å²) in [5, 5.41) is 2.67. The van der Waals surface area contributed by atoms with Gasteiger partial charge < -0.3 is 11.1 Å². The molecule has 0 aliphatic rings. The Morgan fingerprint density at radius 3 is 2.57 bits per heavy atom. The summed E-state index contributed by atoms with van der Waals surface area (Å²) in [7, 11) is -0.863. The summed E-state index contributed by atoms with van der Waals surface area (Å²) < 4.78 is 10.7. The Bertz CT molecular complexity index is 209. The summed E-state index contributed by atoms with van der Waals surface area (Å²) in [5.74, 6) is 0.519. The molecule has 0 saturated heterocycles. The molecule has 0 aliphatic heterocycles. The summed E-state index contributed by atoms with van der Waals surface area (Å²) >= 11 is 0. The Morgan fingerprint density at radius 1 is 1.57 bits per heavy atom. The second-order valence-corrected chi connectivity index (χ2v) is 5.03. The maximum Gasteiger partial charge on any atom is 0.237 e. The van der Waals surface area contributed by atoms with E-state index in [2.05, 4.69) is 5.32 Å². The quantitative estimate of drug-likeness (QED) is 0.654. The fourth-order valence-corrected chi connectivity index (χ4v) is 1.34. The Morgan fingerprint density at radius 2 is 2.14 bits per heavy atom. The molecule has 3 atom stereocenters. The standard InChI is InChI=1S/C9H20N2O2S/c1-4-7(2)8(10)9(12)11-5-6-14(3)13/h7-8H,4-6,10H2,1-3H3,(H,11,12). The number of amides is 1. The third-order valence-electron chi connectivity index (χ3n) is 2.25. The molecule has 3 N–H and O–H groups in total. The summed E-state index contributed by atoms with van der Waals surface area (Å²) in [6.07, 6.45) is 2.50.